The van der Waals surface area contributed by atoms with E-state index in [0.717, 1.165) is 5.56 Å². The zero-order chi connectivity index (χ0) is 13.5. The lowest BCUT2D eigenvalue weighted by Crippen LogP contribution is -2.26. The highest BCUT2D eigenvalue weighted by atomic mass is 19.1. The predicted octanol–water partition coefficient (Wildman–Crippen LogP) is 2.13. The summed E-state index contributed by atoms with van der Waals surface area (Å²) in [6.07, 6.45) is 0.0749. The van der Waals surface area contributed by atoms with E-state index in [4.69, 9.17) is 9.84 Å². The SMILES string of the molecule is CCN(CCC(=O)O)Cc1cc(F)ccc1OC. The van der Waals surface area contributed by atoms with E-state index in [1.54, 1.807) is 6.07 Å². The maximum atomic E-state index is 13.2. The number of carboxylic acid groups (broad SMARTS) is 1. The van der Waals surface area contributed by atoms with Gasteiger partial charge in [0, 0.05) is 18.7 Å². The fourth-order valence-corrected chi connectivity index (χ4v) is 1.71. The quantitative estimate of drug-likeness (QED) is 0.811. The molecule has 4 nitrogen and oxygen atoms in total. The van der Waals surface area contributed by atoms with Crippen LogP contribution in [0.1, 0.15) is 18.9 Å². The number of ether oxygens (including phenoxy) is 1. The van der Waals surface area contributed by atoms with E-state index in [1.807, 2.05) is 11.8 Å². The molecule has 1 aromatic carbocycles. The standard InChI is InChI=1S/C13H18FNO3/c1-3-15(7-6-13(16)17)9-10-8-11(14)4-5-12(10)18-2/h4-5,8H,3,6-7,9H2,1-2H3,(H,16,17). The Balaban J connectivity index is 2.74. The normalized spacial score (nSPS) is 10.7. The molecule has 0 aliphatic rings. The zero-order valence-electron chi connectivity index (χ0n) is 10.6. The van der Waals surface area contributed by atoms with Gasteiger partial charge in [-0.1, -0.05) is 6.92 Å². The van der Waals surface area contributed by atoms with Crippen molar-refractivity contribution in [3.8, 4) is 5.75 Å². The molecule has 0 radical (unpaired) electrons. The van der Waals surface area contributed by atoms with Crippen molar-refractivity contribution in [3.05, 3.63) is 29.6 Å². The second kappa shape index (κ2) is 6.96. The van der Waals surface area contributed by atoms with Crippen molar-refractivity contribution in [3.63, 3.8) is 0 Å². The molecule has 1 N–H and O–H groups in total. The summed E-state index contributed by atoms with van der Waals surface area (Å²) in [6.45, 7) is 3.55. The first kappa shape index (κ1) is 14.4. The van der Waals surface area contributed by atoms with E-state index in [-0.39, 0.29) is 12.2 Å². The Morgan fingerprint density at radius 3 is 2.78 bits per heavy atom. The van der Waals surface area contributed by atoms with Gasteiger partial charge in [0.2, 0.25) is 0 Å². The molecule has 0 bridgehead atoms. The van der Waals surface area contributed by atoms with Gasteiger partial charge in [-0.15, -0.1) is 0 Å². The van der Waals surface area contributed by atoms with Crippen LogP contribution in [-0.2, 0) is 11.3 Å². The highest BCUT2D eigenvalue weighted by Gasteiger charge is 2.10. The van der Waals surface area contributed by atoms with Gasteiger partial charge in [-0.3, -0.25) is 9.69 Å². The smallest absolute Gasteiger partial charge is 0.304 e. The molecule has 0 aliphatic heterocycles. The topological polar surface area (TPSA) is 49.8 Å². The van der Waals surface area contributed by atoms with Gasteiger partial charge in [0.05, 0.1) is 13.5 Å². The molecule has 0 fully saturated rings. The van der Waals surface area contributed by atoms with Gasteiger partial charge in [-0.2, -0.15) is 0 Å². The molecule has 100 valence electrons. The first-order valence-corrected chi connectivity index (χ1v) is 5.83. The molecule has 0 saturated carbocycles. The largest absolute Gasteiger partial charge is 0.496 e. The average Bonchev–Trinajstić information content (AvgIpc) is 2.34. The van der Waals surface area contributed by atoms with Crippen LogP contribution in [0.5, 0.6) is 5.75 Å². The number of hydrogen-bond donors (Lipinski definition) is 1. The summed E-state index contributed by atoms with van der Waals surface area (Å²) in [5, 5.41) is 8.66. The fraction of sp³-hybridized carbons (Fsp3) is 0.462. The van der Waals surface area contributed by atoms with E-state index in [0.29, 0.717) is 25.4 Å². The number of methoxy groups -OCH3 is 1. The number of nitrogens with zero attached hydrogens (tertiary/aromatic N) is 1. The number of rotatable bonds is 7. The monoisotopic (exact) mass is 255 g/mol. The van der Waals surface area contributed by atoms with E-state index >= 15 is 0 Å². The number of carboxylic acids is 1. The highest BCUT2D eigenvalue weighted by Crippen LogP contribution is 2.21. The summed E-state index contributed by atoms with van der Waals surface area (Å²) in [7, 11) is 1.53. The van der Waals surface area contributed by atoms with Gasteiger partial charge in [-0.25, -0.2) is 4.39 Å². The molecule has 0 heterocycles. The molecular formula is C13H18FNO3. The third kappa shape index (κ3) is 4.33. The number of halogens is 1. The Morgan fingerprint density at radius 1 is 1.50 bits per heavy atom. The van der Waals surface area contributed by atoms with Gasteiger partial charge in [-0.05, 0) is 24.7 Å². The summed E-state index contributed by atoms with van der Waals surface area (Å²) < 4.78 is 18.3. The molecule has 5 heteroatoms. The first-order valence-electron chi connectivity index (χ1n) is 5.83. The van der Waals surface area contributed by atoms with Crippen molar-refractivity contribution in [2.24, 2.45) is 0 Å². The summed E-state index contributed by atoms with van der Waals surface area (Å²) in [5.74, 6) is -0.537. The minimum Gasteiger partial charge on any atom is -0.496 e. The van der Waals surface area contributed by atoms with Crippen molar-refractivity contribution in [1.82, 2.24) is 4.90 Å². The van der Waals surface area contributed by atoms with Crippen LogP contribution in [0.15, 0.2) is 18.2 Å². The molecule has 0 saturated heterocycles. The van der Waals surface area contributed by atoms with Gasteiger partial charge >= 0.3 is 5.97 Å². The van der Waals surface area contributed by atoms with Crippen LogP contribution in [-0.4, -0.2) is 36.2 Å². The minimum absolute atomic E-state index is 0.0749. The van der Waals surface area contributed by atoms with Crippen molar-refractivity contribution in [2.75, 3.05) is 20.2 Å². The molecule has 0 aliphatic carbocycles. The summed E-state index contributed by atoms with van der Waals surface area (Å²) in [5.41, 5.74) is 0.727. The summed E-state index contributed by atoms with van der Waals surface area (Å²) in [6, 6.07) is 4.34. The summed E-state index contributed by atoms with van der Waals surface area (Å²) in [4.78, 5) is 12.5. The molecule has 0 spiro atoms. The van der Waals surface area contributed by atoms with Crippen LogP contribution in [0.3, 0.4) is 0 Å². The van der Waals surface area contributed by atoms with Crippen molar-refractivity contribution in [2.45, 2.75) is 19.9 Å². The molecule has 1 rings (SSSR count). The van der Waals surface area contributed by atoms with Crippen LogP contribution in [0.25, 0.3) is 0 Å². The second-order valence-corrected chi connectivity index (χ2v) is 3.97. The van der Waals surface area contributed by atoms with E-state index in [2.05, 4.69) is 0 Å². The van der Waals surface area contributed by atoms with Crippen molar-refractivity contribution in [1.29, 1.82) is 0 Å². The van der Waals surface area contributed by atoms with E-state index in [9.17, 15) is 9.18 Å². The lowest BCUT2D eigenvalue weighted by atomic mass is 10.1. The lowest BCUT2D eigenvalue weighted by molar-refractivity contribution is -0.137. The molecule has 0 atom stereocenters. The second-order valence-electron chi connectivity index (χ2n) is 3.97. The van der Waals surface area contributed by atoms with E-state index < -0.39 is 5.97 Å². The van der Waals surface area contributed by atoms with Gasteiger partial charge in [0.15, 0.2) is 0 Å². The number of carbonyl (C=O) groups is 1. The molecule has 0 unspecified atom stereocenters. The average molecular weight is 255 g/mol. The number of hydrogen-bond acceptors (Lipinski definition) is 3. The van der Waals surface area contributed by atoms with Crippen molar-refractivity contribution < 1.29 is 19.0 Å². The molecule has 18 heavy (non-hydrogen) atoms. The minimum atomic E-state index is -0.834. The van der Waals surface area contributed by atoms with Gasteiger partial charge in [0.25, 0.3) is 0 Å². The Morgan fingerprint density at radius 2 is 2.22 bits per heavy atom. The van der Waals surface area contributed by atoms with Crippen LogP contribution < -0.4 is 4.74 Å². The number of benzene rings is 1. The summed E-state index contributed by atoms with van der Waals surface area (Å²) >= 11 is 0. The third-order valence-electron chi connectivity index (χ3n) is 2.73. The third-order valence-corrected chi connectivity index (χ3v) is 2.73. The fourth-order valence-electron chi connectivity index (χ4n) is 1.71. The van der Waals surface area contributed by atoms with Crippen LogP contribution >= 0.6 is 0 Å². The zero-order valence-corrected chi connectivity index (χ0v) is 10.6. The molecule has 0 amide bonds. The van der Waals surface area contributed by atoms with Crippen LogP contribution in [0, 0.1) is 5.82 Å². The van der Waals surface area contributed by atoms with Gasteiger partial charge < -0.3 is 9.84 Å². The lowest BCUT2D eigenvalue weighted by Gasteiger charge is -2.20. The predicted molar refractivity (Wildman–Crippen MR) is 66.2 cm³/mol. The van der Waals surface area contributed by atoms with E-state index in [1.165, 1.54) is 19.2 Å². The Kier molecular flexibility index (Phi) is 5.58. The number of aliphatic carboxylic acids is 1. The van der Waals surface area contributed by atoms with Crippen molar-refractivity contribution >= 4 is 5.97 Å². The maximum absolute atomic E-state index is 13.2. The Labute approximate surface area is 106 Å². The molecular weight excluding hydrogens is 237 g/mol. The maximum Gasteiger partial charge on any atom is 0.304 e. The van der Waals surface area contributed by atoms with Gasteiger partial charge in [0.1, 0.15) is 11.6 Å². The molecule has 1 aromatic rings. The molecule has 0 aromatic heterocycles. The Bertz CT molecular complexity index is 409. The van der Waals surface area contributed by atoms with Crippen LogP contribution in [0.2, 0.25) is 0 Å². The van der Waals surface area contributed by atoms with Crippen LogP contribution in [0.4, 0.5) is 4.39 Å². The Hall–Kier alpha value is -1.62. The first-order chi connectivity index (χ1) is 8.56. The highest BCUT2D eigenvalue weighted by molar-refractivity contribution is 5.66.